The fraction of sp³-hybridized carbons (Fsp3) is 0.600. The second kappa shape index (κ2) is 5.94. The molecule has 1 unspecified atom stereocenters. The number of piperidine rings is 1. The molecule has 0 radical (unpaired) electrons. The number of thiophene rings is 1. The third-order valence-electron chi connectivity index (χ3n) is 3.19. The molecule has 0 spiro atoms. The molecule has 1 atom stereocenters. The Morgan fingerprint density at radius 3 is 2.80 bits per heavy atom. The summed E-state index contributed by atoms with van der Waals surface area (Å²) in [4.78, 5) is 10.0. The van der Waals surface area contributed by atoms with Crippen LogP contribution in [-0.4, -0.2) is 41.9 Å². The first-order valence-corrected chi connectivity index (χ1v) is 8.58. The smallest absolute Gasteiger partial charge is 0.300 e. The van der Waals surface area contributed by atoms with E-state index >= 15 is 0 Å². The van der Waals surface area contributed by atoms with E-state index in [9.17, 15) is 23.6 Å². The molecule has 1 aliphatic rings. The molecule has 0 amide bonds. The van der Waals surface area contributed by atoms with Crippen molar-refractivity contribution >= 4 is 38.6 Å². The van der Waals surface area contributed by atoms with Gasteiger partial charge in [0.2, 0.25) is 0 Å². The molecule has 0 bridgehead atoms. The van der Waals surface area contributed by atoms with Crippen LogP contribution in [0.15, 0.2) is 10.3 Å². The number of hydrogen-bond donors (Lipinski definition) is 1. The number of aliphatic hydroxyl groups excluding tert-OH is 1. The molecule has 1 N–H and O–H groups in total. The lowest BCUT2D eigenvalue weighted by atomic mass is 10.1. The van der Waals surface area contributed by atoms with Crippen LogP contribution >= 0.6 is 22.9 Å². The van der Waals surface area contributed by atoms with Gasteiger partial charge in [0.15, 0.2) is 4.34 Å². The molecule has 1 saturated heterocycles. The lowest BCUT2D eigenvalue weighted by Crippen LogP contribution is -2.45. The number of halogens is 1. The van der Waals surface area contributed by atoms with E-state index in [0.717, 1.165) is 12.5 Å². The fourth-order valence-electron chi connectivity index (χ4n) is 2.18. The molecular formula is C10H13ClN2O5S2. The van der Waals surface area contributed by atoms with Crippen LogP contribution in [0.4, 0.5) is 5.69 Å². The highest BCUT2D eigenvalue weighted by Crippen LogP contribution is 2.38. The lowest BCUT2D eigenvalue weighted by Gasteiger charge is -2.32. The van der Waals surface area contributed by atoms with Gasteiger partial charge in [0.25, 0.3) is 15.7 Å². The van der Waals surface area contributed by atoms with Gasteiger partial charge in [-0.05, 0) is 12.8 Å². The van der Waals surface area contributed by atoms with Gasteiger partial charge in [-0.2, -0.15) is 4.31 Å². The zero-order valence-corrected chi connectivity index (χ0v) is 12.7. The second-order valence-corrected chi connectivity index (χ2v) is 8.20. The largest absolute Gasteiger partial charge is 0.395 e. The standard InChI is InChI=1S/C10H13ClN2O5S2/c11-10-8(13(15)16)5-9(19-10)20(17,18)12-4-2-1-3-7(12)6-14/h5,7,14H,1-4,6H2. The van der Waals surface area contributed by atoms with Crippen LogP contribution in [0.2, 0.25) is 4.34 Å². The number of hydrogen-bond acceptors (Lipinski definition) is 6. The molecule has 2 heterocycles. The minimum Gasteiger partial charge on any atom is -0.395 e. The van der Waals surface area contributed by atoms with E-state index in [1.807, 2.05) is 0 Å². The maximum absolute atomic E-state index is 12.5. The van der Waals surface area contributed by atoms with E-state index in [1.54, 1.807) is 0 Å². The SMILES string of the molecule is O=[N+]([O-])c1cc(S(=O)(=O)N2CCCCC2CO)sc1Cl. The summed E-state index contributed by atoms with van der Waals surface area (Å²) in [5.74, 6) is 0. The highest BCUT2D eigenvalue weighted by molar-refractivity contribution is 7.91. The highest BCUT2D eigenvalue weighted by atomic mass is 35.5. The molecule has 7 nitrogen and oxygen atoms in total. The molecule has 112 valence electrons. The molecule has 1 fully saturated rings. The van der Waals surface area contributed by atoms with Gasteiger partial charge in [0, 0.05) is 18.7 Å². The van der Waals surface area contributed by atoms with Crippen molar-refractivity contribution in [2.45, 2.75) is 29.5 Å². The Morgan fingerprint density at radius 1 is 1.55 bits per heavy atom. The van der Waals surface area contributed by atoms with Crippen molar-refractivity contribution in [3.8, 4) is 0 Å². The summed E-state index contributed by atoms with van der Waals surface area (Å²) in [7, 11) is -3.86. The highest BCUT2D eigenvalue weighted by Gasteiger charge is 2.36. The van der Waals surface area contributed by atoms with Crippen molar-refractivity contribution in [1.29, 1.82) is 0 Å². The number of nitrogens with zero attached hydrogens (tertiary/aromatic N) is 2. The molecule has 0 aliphatic carbocycles. The van der Waals surface area contributed by atoms with Crippen LogP contribution in [-0.2, 0) is 10.0 Å². The fourth-order valence-corrected chi connectivity index (χ4v) is 5.66. The van der Waals surface area contributed by atoms with Crippen LogP contribution in [0.3, 0.4) is 0 Å². The van der Waals surface area contributed by atoms with Crippen molar-refractivity contribution in [2.24, 2.45) is 0 Å². The maximum Gasteiger partial charge on any atom is 0.300 e. The van der Waals surface area contributed by atoms with Crippen molar-refractivity contribution in [3.63, 3.8) is 0 Å². The Kier molecular flexibility index (Phi) is 4.65. The number of sulfonamides is 1. The third-order valence-corrected chi connectivity index (χ3v) is 6.93. The zero-order valence-electron chi connectivity index (χ0n) is 10.4. The van der Waals surface area contributed by atoms with Gasteiger partial charge in [-0.1, -0.05) is 18.0 Å². The average molecular weight is 341 g/mol. The van der Waals surface area contributed by atoms with Crippen LogP contribution in [0.25, 0.3) is 0 Å². The van der Waals surface area contributed by atoms with Gasteiger partial charge >= 0.3 is 0 Å². The van der Waals surface area contributed by atoms with Crippen LogP contribution in [0.1, 0.15) is 19.3 Å². The molecule has 2 rings (SSSR count). The summed E-state index contributed by atoms with van der Waals surface area (Å²) in [6.07, 6.45) is 2.14. The molecular weight excluding hydrogens is 328 g/mol. The molecule has 20 heavy (non-hydrogen) atoms. The summed E-state index contributed by atoms with van der Waals surface area (Å²) in [6.45, 7) is 0.0390. The van der Waals surface area contributed by atoms with Crippen LogP contribution < -0.4 is 0 Å². The van der Waals surface area contributed by atoms with Crippen molar-refractivity contribution in [3.05, 3.63) is 20.5 Å². The van der Waals surface area contributed by atoms with Crippen molar-refractivity contribution < 1.29 is 18.4 Å². The first kappa shape index (κ1) is 15.6. The minimum atomic E-state index is -3.86. The topological polar surface area (TPSA) is 101 Å². The van der Waals surface area contributed by atoms with E-state index in [4.69, 9.17) is 11.6 Å². The predicted molar refractivity (Wildman–Crippen MR) is 74.6 cm³/mol. The summed E-state index contributed by atoms with van der Waals surface area (Å²) in [6, 6.07) is 0.499. The van der Waals surface area contributed by atoms with Gasteiger partial charge in [-0.25, -0.2) is 8.42 Å². The van der Waals surface area contributed by atoms with Gasteiger partial charge in [-0.15, -0.1) is 11.3 Å². The first-order chi connectivity index (χ1) is 9.37. The normalized spacial score (nSPS) is 21.0. The van der Waals surface area contributed by atoms with Gasteiger partial charge in [-0.3, -0.25) is 10.1 Å². The Morgan fingerprint density at radius 2 is 2.25 bits per heavy atom. The maximum atomic E-state index is 12.5. The minimum absolute atomic E-state index is 0.158. The van der Waals surface area contributed by atoms with Gasteiger partial charge in [0.1, 0.15) is 4.21 Å². The quantitative estimate of drug-likeness (QED) is 0.665. The van der Waals surface area contributed by atoms with Gasteiger partial charge in [0.05, 0.1) is 11.5 Å². The Hall–Kier alpha value is -0.740. The molecule has 1 aromatic rings. The molecule has 0 aromatic carbocycles. The summed E-state index contributed by atoms with van der Waals surface area (Å²) in [5.41, 5.74) is -0.409. The number of nitro groups is 1. The Labute approximate surface area is 125 Å². The summed E-state index contributed by atoms with van der Waals surface area (Å²) >= 11 is 6.37. The second-order valence-electron chi connectivity index (χ2n) is 4.43. The molecule has 0 saturated carbocycles. The summed E-state index contributed by atoms with van der Waals surface area (Å²) in [5, 5.41) is 20.0. The van der Waals surface area contributed by atoms with E-state index in [0.29, 0.717) is 30.7 Å². The van der Waals surface area contributed by atoms with E-state index < -0.39 is 26.7 Å². The van der Waals surface area contributed by atoms with Crippen molar-refractivity contribution in [1.82, 2.24) is 4.31 Å². The molecule has 10 heteroatoms. The third kappa shape index (κ3) is 2.82. The van der Waals surface area contributed by atoms with E-state index in [1.165, 1.54) is 4.31 Å². The average Bonchev–Trinajstić information content (AvgIpc) is 2.81. The van der Waals surface area contributed by atoms with E-state index in [-0.39, 0.29) is 15.2 Å². The van der Waals surface area contributed by atoms with Crippen LogP contribution in [0, 0.1) is 10.1 Å². The first-order valence-electron chi connectivity index (χ1n) is 5.94. The number of rotatable bonds is 4. The monoisotopic (exact) mass is 340 g/mol. The van der Waals surface area contributed by atoms with Gasteiger partial charge < -0.3 is 5.11 Å². The predicted octanol–water partition coefficient (Wildman–Crippen LogP) is 1.85. The molecule has 1 aliphatic heterocycles. The lowest BCUT2D eigenvalue weighted by molar-refractivity contribution is -0.384. The zero-order chi connectivity index (χ0) is 14.9. The van der Waals surface area contributed by atoms with Crippen LogP contribution in [0.5, 0.6) is 0 Å². The van der Waals surface area contributed by atoms with E-state index in [2.05, 4.69) is 0 Å². The Bertz CT molecular complexity index is 615. The Balaban J connectivity index is 2.39. The van der Waals surface area contributed by atoms with Crippen molar-refractivity contribution in [2.75, 3.05) is 13.2 Å². The summed E-state index contributed by atoms with van der Waals surface area (Å²) < 4.78 is 25.9. The molecule has 1 aromatic heterocycles. The number of aliphatic hydroxyl groups is 1.